The normalized spacial score (nSPS) is 17.9. The summed E-state index contributed by atoms with van der Waals surface area (Å²) in [5.74, 6) is 1.19. The third kappa shape index (κ3) is 4.10. The van der Waals surface area contributed by atoms with Crippen LogP contribution in [0.15, 0.2) is 12.1 Å². The van der Waals surface area contributed by atoms with E-state index in [9.17, 15) is 4.79 Å². The molecule has 4 nitrogen and oxygen atoms in total. The molecular formula is C20H31NO3. The van der Waals surface area contributed by atoms with Crippen LogP contribution in [0, 0.1) is 19.8 Å². The lowest BCUT2D eigenvalue weighted by Crippen LogP contribution is -2.44. The molecule has 0 bridgehead atoms. The van der Waals surface area contributed by atoms with Gasteiger partial charge >= 0.3 is 0 Å². The van der Waals surface area contributed by atoms with Gasteiger partial charge in [-0.3, -0.25) is 4.79 Å². The molecule has 0 radical (unpaired) electrons. The fourth-order valence-electron chi connectivity index (χ4n) is 3.05. The number of hydrogen-bond acceptors (Lipinski definition) is 3. The molecule has 1 aliphatic carbocycles. The van der Waals surface area contributed by atoms with Gasteiger partial charge in [0.2, 0.25) is 0 Å². The van der Waals surface area contributed by atoms with E-state index in [0.29, 0.717) is 12.5 Å². The lowest BCUT2D eigenvalue weighted by molar-refractivity contribution is -0.141. The van der Waals surface area contributed by atoms with Gasteiger partial charge in [0.05, 0.1) is 6.10 Å². The van der Waals surface area contributed by atoms with Crippen LogP contribution >= 0.6 is 0 Å². The van der Waals surface area contributed by atoms with Gasteiger partial charge in [-0.1, -0.05) is 6.92 Å². The van der Waals surface area contributed by atoms with Crippen LogP contribution in [-0.4, -0.2) is 24.2 Å². The lowest BCUT2D eigenvalue weighted by atomic mass is 9.98. The van der Waals surface area contributed by atoms with E-state index < -0.39 is 5.60 Å². The third-order valence-corrected chi connectivity index (χ3v) is 4.86. The molecule has 24 heavy (non-hydrogen) atoms. The van der Waals surface area contributed by atoms with Crippen molar-refractivity contribution in [2.75, 3.05) is 11.9 Å². The molecule has 2 atom stereocenters. The Balaban J connectivity index is 2.16. The first-order valence-electron chi connectivity index (χ1n) is 9.05. The van der Waals surface area contributed by atoms with Gasteiger partial charge in [-0.2, -0.15) is 0 Å². The number of amides is 1. The first kappa shape index (κ1) is 18.8. The van der Waals surface area contributed by atoms with Gasteiger partial charge in [-0.25, -0.2) is 0 Å². The second-order valence-electron chi connectivity index (χ2n) is 7.04. The largest absolute Gasteiger partial charge is 0.490 e. The topological polar surface area (TPSA) is 47.6 Å². The second kappa shape index (κ2) is 7.56. The highest BCUT2D eigenvalue weighted by atomic mass is 16.5. The number of benzene rings is 1. The number of ether oxygens (including phenoxy) is 2. The molecule has 2 rings (SSSR count). The maximum Gasteiger partial charge on any atom is 0.256 e. The summed E-state index contributed by atoms with van der Waals surface area (Å²) in [5.41, 5.74) is 2.14. The zero-order valence-electron chi connectivity index (χ0n) is 15.9. The number of carbonyl (C=O) groups excluding carboxylic acids is 1. The molecule has 0 unspecified atom stereocenters. The molecule has 0 heterocycles. The summed E-state index contributed by atoms with van der Waals surface area (Å²) in [6.45, 7) is 12.6. The molecule has 0 aromatic heterocycles. The Labute approximate surface area is 145 Å². The van der Waals surface area contributed by atoms with Crippen molar-refractivity contribution < 1.29 is 14.3 Å². The molecule has 0 spiro atoms. The van der Waals surface area contributed by atoms with E-state index in [1.165, 1.54) is 0 Å². The number of carbonyl (C=O) groups is 1. The Morgan fingerprint density at radius 3 is 2.33 bits per heavy atom. The Kier molecular flexibility index (Phi) is 5.92. The quantitative estimate of drug-likeness (QED) is 0.755. The van der Waals surface area contributed by atoms with Crippen molar-refractivity contribution in [3.63, 3.8) is 0 Å². The SMILES string of the molecule is CCO[C@@](C)(C(=O)Nc1cc(C)c(O[C@@H](C)CC)c(C)c1)C1CC1. The van der Waals surface area contributed by atoms with Crippen LogP contribution in [-0.2, 0) is 9.53 Å². The van der Waals surface area contributed by atoms with Crippen LogP contribution in [0.5, 0.6) is 5.75 Å². The van der Waals surface area contributed by atoms with E-state index in [4.69, 9.17) is 9.47 Å². The predicted molar refractivity (Wildman–Crippen MR) is 97.7 cm³/mol. The van der Waals surface area contributed by atoms with E-state index in [-0.39, 0.29) is 12.0 Å². The van der Waals surface area contributed by atoms with Gasteiger partial charge in [0, 0.05) is 12.3 Å². The standard InChI is InChI=1S/C20H31NO3/c1-7-15(5)24-18-13(3)11-17(12-14(18)4)21-19(22)20(6,23-8-2)16-9-10-16/h11-12,15-16H,7-10H2,1-6H3,(H,21,22)/t15-,20+/m0/s1. The van der Waals surface area contributed by atoms with Gasteiger partial charge in [0.25, 0.3) is 5.91 Å². The third-order valence-electron chi connectivity index (χ3n) is 4.86. The molecule has 1 aromatic carbocycles. The average Bonchev–Trinajstić information content (AvgIpc) is 3.35. The first-order valence-corrected chi connectivity index (χ1v) is 9.05. The molecule has 134 valence electrons. The average molecular weight is 333 g/mol. The molecule has 1 fully saturated rings. The zero-order chi connectivity index (χ0) is 17.9. The second-order valence-corrected chi connectivity index (χ2v) is 7.04. The molecule has 0 saturated heterocycles. The molecule has 1 aromatic rings. The minimum atomic E-state index is -0.734. The number of anilines is 1. The minimum Gasteiger partial charge on any atom is -0.490 e. The van der Waals surface area contributed by atoms with Crippen molar-refractivity contribution in [2.45, 2.75) is 72.5 Å². The Bertz CT molecular complexity index is 572. The van der Waals surface area contributed by atoms with Gasteiger partial charge in [0.1, 0.15) is 11.4 Å². The van der Waals surface area contributed by atoms with Gasteiger partial charge in [0.15, 0.2) is 0 Å². The maximum absolute atomic E-state index is 12.8. The summed E-state index contributed by atoms with van der Waals surface area (Å²) in [4.78, 5) is 12.8. The molecule has 1 amide bonds. The Morgan fingerprint density at radius 1 is 1.29 bits per heavy atom. The number of rotatable bonds is 8. The van der Waals surface area contributed by atoms with Crippen LogP contribution in [0.2, 0.25) is 0 Å². The van der Waals surface area contributed by atoms with Crippen molar-refractivity contribution >= 4 is 11.6 Å². The highest BCUT2D eigenvalue weighted by molar-refractivity contribution is 5.97. The monoisotopic (exact) mass is 333 g/mol. The van der Waals surface area contributed by atoms with Crippen molar-refractivity contribution in [3.8, 4) is 5.75 Å². The minimum absolute atomic E-state index is 0.0544. The summed E-state index contributed by atoms with van der Waals surface area (Å²) >= 11 is 0. The van der Waals surface area contributed by atoms with Crippen LogP contribution in [0.25, 0.3) is 0 Å². The van der Waals surface area contributed by atoms with E-state index in [1.54, 1.807) is 0 Å². The van der Waals surface area contributed by atoms with Gasteiger partial charge in [-0.05, 0) is 83.1 Å². The van der Waals surface area contributed by atoms with Crippen molar-refractivity contribution in [1.29, 1.82) is 0 Å². The summed E-state index contributed by atoms with van der Waals surface area (Å²) in [7, 11) is 0. The smallest absolute Gasteiger partial charge is 0.256 e. The Morgan fingerprint density at radius 2 is 1.88 bits per heavy atom. The number of hydrogen-bond donors (Lipinski definition) is 1. The van der Waals surface area contributed by atoms with Gasteiger partial charge in [-0.15, -0.1) is 0 Å². The fraction of sp³-hybridized carbons (Fsp3) is 0.650. The van der Waals surface area contributed by atoms with Crippen LogP contribution in [0.1, 0.15) is 58.1 Å². The summed E-state index contributed by atoms with van der Waals surface area (Å²) < 4.78 is 11.8. The first-order chi connectivity index (χ1) is 11.3. The van der Waals surface area contributed by atoms with Crippen molar-refractivity contribution in [1.82, 2.24) is 0 Å². The maximum atomic E-state index is 12.8. The molecule has 1 N–H and O–H groups in total. The van der Waals surface area contributed by atoms with Crippen molar-refractivity contribution in [2.24, 2.45) is 5.92 Å². The fourth-order valence-corrected chi connectivity index (χ4v) is 3.05. The number of aryl methyl sites for hydroxylation is 2. The highest BCUT2D eigenvalue weighted by Gasteiger charge is 2.48. The molecule has 0 aliphatic heterocycles. The highest BCUT2D eigenvalue weighted by Crippen LogP contribution is 2.42. The zero-order valence-corrected chi connectivity index (χ0v) is 15.9. The molecule has 1 saturated carbocycles. The van der Waals surface area contributed by atoms with E-state index in [0.717, 1.165) is 41.8 Å². The Hall–Kier alpha value is -1.55. The molecule has 1 aliphatic rings. The summed E-state index contributed by atoms with van der Waals surface area (Å²) in [6.07, 6.45) is 3.26. The van der Waals surface area contributed by atoms with E-state index in [1.807, 2.05) is 39.8 Å². The summed E-state index contributed by atoms with van der Waals surface area (Å²) in [5, 5.41) is 3.05. The van der Waals surface area contributed by atoms with Crippen LogP contribution in [0.3, 0.4) is 0 Å². The predicted octanol–water partition coefficient (Wildman–Crippen LogP) is 4.62. The summed E-state index contributed by atoms with van der Waals surface area (Å²) in [6, 6.07) is 3.95. The molecular weight excluding hydrogens is 302 g/mol. The van der Waals surface area contributed by atoms with Crippen LogP contribution < -0.4 is 10.1 Å². The van der Waals surface area contributed by atoms with E-state index in [2.05, 4.69) is 19.2 Å². The number of nitrogens with one attached hydrogen (secondary N) is 1. The lowest BCUT2D eigenvalue weighted by Gasteiger charge is -2.28. The van der Waals surface area contributed by atoms with Gasteiger partial charge < -0.3 is 14.8 Å². The van der Waals surface area contributed by atoms with E-state index >= 15 is 0 Å². The van der Waals surface area contributed by atoms with Crippen molar-refractivity contribution in [3.05, 3.63) is 23.3 Å². The van der Waals surface area contributed by atoms with Crippen LogP contribution in [0.4, 0.5) is 5.69 Å². The molecule has 4 heteroatoms.